The number of ether oxygens (including phenoxy) is 3. The van der Waals surface area contributed by atoms with E-state index in [0.29, 0.717) is 42.0 Å². The lowest BCUT2D eigenvalue weighted by Crippen LogP contribution is -2.04. The molecular formula is C24H25BrClNO3. The molecule has 0 saturated heterocycles. The third-order valence-corrected chi connectivity index (χ3v) is 5.54. The summed E-state index contributed by atoms with van der Waals surface area (Å²) in [6.45, 7) is 5.69. The largest absolute Gasteiger partial charge is 0.495 e. The average molecular weight is 491 g/mol. The Morgan fingerprint density at radius 3 is 2.50 bits per heavy atom. The molecule has 0 unspecified atom stereocenters. The highest BCUT2D eigenvalue weighted by Crippen LogP contribution is 2.38. The Kier molecular flexibility index (Phi) is 7.88. The van der Waals surface area contributed by atoms with Gasteiger partial charge in [-0.05, 0) is 76.8 Å². The van der Waals surface area contributed by atoms with E-state index in [2.05, 4.69) is 40.3 Å². The Balaban J connectivity index is 1.75. The van der Waals surface area contributed by atoms with Crippen LogP contribution < -0.4 is 19.5 Å². The minimum Gasteiger partial charge on any atom is -0.495 e. The van der Waals surface area contributed by atoms with Crippen LogP contribution in [0.15, 0.2) is 59.1 Å². The van der Waals surface area contributed by atoms with Crippen LogP contribution in [0.25, 0.3) is 0 Å². The van der Waals surface area contributed by atoms with E-state index >= 15 is 0 Å². The molecule has 3 aromatic rings. The molecule has 0 aliphatic heterocycles. The van der Waals surface area contributed by atoms with Crippen LogP contribution in [0.4, 0.5) is 5.69 Å². The zero-order chi connectivity index (χ0) is 21.5. The summed E-state index contributed by atoms with van der Waals surface area (Å²) >= 11 is 9.86. The maximum absolute atomic E-state index is 6.21. The molecular weight excluding hydrogens is 466 g/mol. The maximum Gasteiger partial charge on any atom is 0.175 e. The highest BCUT2D eigenvalue weighted by Gasteiger charge is 2.13. The zero-order valence-electron chi connectivity index (χ0n) is 17.3. The molecule has 0 aliphatic rings. The molecule has 30 heavy (non-hydrogen) atoms. The number of hydrogen-bond acceptors (Lipinski definition) is 4. The molecule has 3 rings (SSSR count). The van der Waals surface area contributed by atoms with E-state index in [1.165, 1.54) is 5.56 Å². The van der Waals surface area contributed by atoms with Crippen molar-refractivity contribution in [1.29, 1.82) is 0 Å². The lowest BCUT2D eigenvalue weighted by atomic mass is 10.1. The summed E-state index contributed by atoms with van der Waals surface area (Å²) in [6.07, 6.45) is 0. The van der Waals surface area contributed by atoms with Gasteiger partial charge in [-0.3, -0.25) is 0 Å². The summed E-state index contributed by atoms with van der Waals surface area (Å²) in [5.74, 6) is 2.07. The van der Waals surface area contributed by atoms with Crippen LogP contribution >= 0.6 is 27.5 Å². The number of anilines is 1. The molecule has 0 atom stereocenters. The van der Waals surface area contributed by atoms with Crippen molar-refractivity contribution < 1.29 is 14.2 Å². The van der Waals surface area contributed by atoms with E-state index in [9.17, 15) is 0 Å². The molecule has 0 spiro atoms. The fourth-order valence-electron chi connectivity index (χ4n) is 3.03. The van der Waals surface area contributed by atoms with Gasteiger partial charge in [0.05, 0.1) is 23.2 Å². The van der Waals surface area contributed by atoms with Gasteiger partial charge in [0.1, 0.15) is 12.4 Å². The van der Waals surface area contributed by atoms with Gasteiger partial charge in [0, 0.05) is 12.2 Å². The van der Waals surface area contributed by atoms with Gasteiger partial charge in [-0.1, -0.05) is 35.9 Å². The summed E-state index contributed by atoms with van der Waals surface area (Å²) in [7, 11) is 1.60. The van der Waals surface area contributed by atoms with Crippen molar-refractivity contribution in [3.63, 3.8) is 0 Å². The van der Waals surface area contributed by atoms with Crippen LogP contribution in [0, 0.1) is 6.92 Å². The molecule has 0 amide bonds. The Hall–Kier alpha value is -2.37. The molecule has 3 aromatic carbocycles. The number of aryl methyl sites for hydroxylation is 1. The monoisotopic (exact) mass is 489 g/mol. The quantitative estimate of drug-likeness (QED) is 0.350. The predicted octanol–water partition coefficient (Wildman–Crippen LogP) is 7.01. The van der Waals surface area contributed by atoms with E-state index in [1.807, 2.05) is 49.4 Å². The Morgan fingerprint density at radius 1 is 1.00 bits per heavy atom. The van der Waals surface area contributed by atoms with Gasteiger partial charge in [-0.2, -0.15) is 0 Å². The smallest absolute Gasteiger partial charge is 0.175 e. The van der Waals surface area contributed by atoms with Gasteiger partial charge in [-0.15, -0.1) is 0 Å². The van der Waals surface area contributed by atoms with Gasteiger partial charge >= 0.3 is 0 Å². The van der Waals surface area contributed by atoms with Crippen molar-refractivity contribution in [2.75, 3.05) is 19.0 Å². The minimum absolute atomic E-state index is 0.479. The van der Waals surface area contributed by atoms with Crippen LogP contribution in [0.3, 0.4) is 0 Å². The van der Waals surface area contributed by atoms with Crippen molar-refractivity contribution in [2.45, 2.75) is 27.0 Å². The first kappa shape index (κ1) is 22.3. The van der Waals surface area contributed by atoms with E-state index in [-0.39, 0.29) is 0 Å². The van der Waals surface area contributed by atoms with Crippen LogP contribution in [-0.4, -0.2) is 13.7 Å². The third-order valence-electron chi connectivity index (χ3n) is 4.65. The van der Waals surface area contributed by atoms with Crippen LogP contribution in [-0.2, 0) is 13.2 Å². The number of benzene rings is 3. The molecule has 6 heteroatoms. The van der Waals surface area contributed by atoms with Crippen molar-refractivity contribution in [3.8, 4) is 17.2 Å². The average Bonchev–Trinajstić information content (AvgIpc) is 2.73. The molecule has 0 aliphatic carbocycles. The Morgan fingerprint density at radius 2 is 1.80 bits per heavy atom. The topological polar surface area (TPSA) is 39.7 Å². The van der Waals surface area contributed by atoms with Gasteiger partial charge in [0.25, 0.3) is 0 Å². The molecule has 0 radical (unpaired) electrons. The van der Waals surface area contributed by atoms with Crippen molar-refractivity contribution in [1.82, 2.24) is 0 Å². The first-order valence-corrected chi connectivity index (χ1v) is 10.9. The van der Waals surface area contributed by atoms with Gasteiger partial charge in [-0.25, -0.2) is 0 Å². The number of rotatable bonds is 9. The van der Waals surface area contributed by atoms with Crippen LogP contribution in [0.1, 0.15) is 23.6 Å². The third kappa shape index (κ3) is 5.61. The van der Waals surface area contributed by atoms with Gasteiger partial charge in [0.2, 0.25) is 0 Å². The molecule has 4 nitrogen and oxygen atoms in total. The number of nitrogens with one attached hydrogen (secondary N) is 1. The molecule has 158 valence electrons. The summed E-state index contributed by atoms with van der Waals surface area (Å²) in [5.41, 5.74) is 4.31. The SMILES string of the molecule is CCOc1cc(CNc2ccc(OC)c(Cl)c2)cc(Br)c1OCc1ccccc1C. The minimum atomic E-state index is 0.479. The van der Waals surface area contributed by atoms with E-state index in [1.54, 1.807) is 7.11 Å². The maximum atomic E-state index is 6.21. The van der Waals surface area contributed by atoms with E-state index in [4.69, 9.17) is 25.8 Å². The first-order valence-electron chi connectivity index (χ1n) is 9.71. The summed E-state index contributed by atoms with van der Waals surface area (Å²) < 4.78 is 18.0. The van der Waals surface area contributed by atoms with Crippen molar-refractivity contribution in [3.05, 3.63) is 80.8 Å². The van der Waals surface area contributed by atoms with Gasteiger partial charge in [0.15, 0.2) is 11.5 Å². The second kappa shape index (κ2) is 10.6. The zero-order valence-corrected chi connectivity index (χ0v) is 19.6. The first-order chi connectivity index (χ1) is 14.5. The van der Waals surface area contributed by atoms with E-state index < -0.39 is 0 Å². The lowest BCUT2D eigenvalue weighted by Gasteiger charge is -2.17. The second-order valence-electron chi connectivity index (χ2n) is 6.76. The highest BCUT2D eigenvalue weighted by atomic mass is 79.9. The van der Waals surface area contributed by atoms with Crippen molar-refractivity contribution >= 4 is 33.2 Å². The second-order valence-corrected chi connectivity index (χ2v) is 8.02. The Bertz CT molecular complexity index is 1010. The molecule has 0 heterocycles. The lowest BCUT2D eigenvalue weighted by molar-refractivity contribution is 0.267. The number of hydrogen-bond donors (Lipinski definition) is 1. The molecule has 0 fully saturated rings. The van der Waals surface area contributed by atoms with E-state index in [0.717, 1.165) is 21.3 Å². The molecule has 1 N–H and O–H groups in total. The number of methoxy groups -OCH3 is 1. The predicted molar refractivity (Wildman–Crippen MR) is 126 cm³/mol. The van der Waals surface area contributed by atoms with Crippen LogP contribution in [0.2, 0.25) is 5.02 Å². The summed E-state index contributed by atoms with van der Waals surface area (Å²) in [4.78, 5) is 0. The normalized spacial score (nSPS) is 10.6. The standard InChI is InChI=1S/C24H25BrClNO3/c1-4-29-23-12-17(14-27-19-9-10-22(28-3)21(26)13-19)11-20(25)24(23)30-15-18-8-6-5-7-16(18)2/h5-13,27H,4,14-15H2,1-3H3. The fraction of sp³-hybridized carbons (Fsp3) is 0.250. The van der Waals surface area contributed by atoms with Gasteiger partial charge < -0.3 is 19.5 Å². The summed E-state index contributed by atoms with van der Waals surface area (Å²) in [5, 5.41) is 3.95. The number of halogens is 2. The van der Waals surface area contributed by atoms with Crippen LogP contribution in [0.5, 0.6) is 17.2 Å². The molecule has 0 saturated carbocycles. The highest BCUT2D eigenvalue weighted by molar-refractivity contribution is 9.10. The Labute approximate surface area is 191 Å². The fourth-order valence-corrected chi connectivity index (χ4v) is 3.89. The molecule has 0 bridgehead atoms. The molecule has 0 aromatic heterocycles. The van der Waals surface area contributed by atoms with Crippen molar-refractivity contribution in [2.24, 2.45) is 0 Å². The summed E-state index contributed by atoms with van der Waals surface area (Å²) in [6, 6.07) is 17.9.